The molecule has 0 spiro atoms. The van der Waals surface area contributed by atoms with Crippen molar-refractivity contribution in [1.82, 2.24) is 0 Å². The predicted octanol–water partition coefficient (Wildman–Crippen LogP) is 4.44. The molecule has 0 aliphatic carbocycles. The Morgan fingerprint density at radius 2 is 1.65 bits per heavy atom. The summed E-state index contributed by atoms with van der Waals surface area (Å²) in [6.45, 7) is 4.98. The van der Waals surface area contributed by atoms with Crippen molar-refractivity contribution in [1.29, 1.82) is 0 Å². The Bertz CT molecular complexity index is 635. The van der Waals surface area contributed by atoms with Crippen molar-refractivity contribution in [2.24, 2.45) is 0 Å². The molecular formula is C19H23NO3. The lowest BCUT2D eigenvalue weighted by Gasteiger charge is -2.27. The number of rotatable bonds is 7. The molecule has 0 heterocycles. The van der Waals surface area contributed by atoms with Crippen LogP contribution in [0.15, 0.2) is 60.5 Å². The van der Waals surface area contributed by atoms with Crippen molar-refractivity contribution < 1.29 is 14.6 Å². The molecule has 0 aromatic heterocycles. The van der Waals surface area contributed by atoms with E-state index in [0.29, 0.717) is 18.8 Å². The Morgan fingerprint density at radius 1 is 1.00 bits per heavy atom. The molecule has 0 amide bonds. The summed E-state index contributed by atoms with van der Waals surface area (Å²) in [7, 11) is 1.64. The first-order chi connectivity index (χ1) is 11.2. The van der Waals surface area contributed by atoms with Crippen LogP contribution in [0.4, 0.5) is 5.69 Å². The van der Waals surface area contributed by atoms with Crippen LogP contribution < -0.4 is 9.64 Å². The van der Waals surface area contributed by atoms with Gasteiger partial charge in [0.05, 0.1) is 13.7 Å². The molecule has 122 valence electrons. The van der Waals surface area contributed by atoms with Crippen LogP contribution in [0.1, 0.15) is 19.4 Å². The van der Waals surface area contributed by atoms with Crippen LogP contribution in [-0.2, 0) is 4.74 Å². The van der Waals surface area contributed by atoms with Gasteiger partial charge in [0.1, 0.15) is 11.4 Å². The van der Waals surface area contributed by atoms with E-state index < -0.39 is 0 Å². The van der Waals surface area contributed by atoms with Crippen molar-refractivity contribution in [3.8, 4) is 5.75 Å². The van der Waals surface area contributed by atoms with E-state index in [-0.39, 0.29) is 5.95 Å². The molecule has 0 fully saturated rings. The second kappa shape index (κ2) is 8.13. The van der Waals surface area contributed by atoms with Crippen LogP contribution in [0.25, 0.3) is 5.70 Å². The fourth-order valence-corrected chi connectivity index (χ4v) is 2.43. The number of benzene rings is 2. The molecule has 23 heavy (non-hydrogen) atoms. The predicted molar refractivity (Wildman–Crippen MR) is 93.6 cm³/mol. The highest BCUT2D eigenvalue weighted by atomic mass is 16.6. The fourth-order valence-electron chi connectivity index (χ4n) is 2.43. The molecule has 0 aliphatic rings. The molecule has 0 radical (unpaired) electrons. The van der Waals surface area contributed by atoms with Gasteiger partial charge in [0, 0.05) is 17.8 Å². The van der Waals surface area contributed by atoms with Gasteiger partial charge in [0.2, 0.25) is 0 Å². The fraction of sp³-hybridized carbons (Fsp3) is 0.263. The van der Waals surface area contributed by atoms with Gasteiger partial charge in [-0.05, 0) is 38.1 Å². The maximum absolute atomic E-state index is 10.4. The van der Waals surface area contributed by atoms with E-state index >= 15 is 0 Å². The summed E-state index contributed by atoms with van der Waals surface area (Å²) < 4.78 is 10.6. The SMILES string of the molecule is CCO/C(O)=C(/c1ccccc1)N(CC)c1ccc(OC)cc1. The van der Waals surface area contributed by atoms with Crippen molar-refractivity contribution in [3.63, 3.8) is 0 Å². The summed E-state index contributed by atoms with van der Waals surface area (Å²) in [5.74, 6) is 0.723. The van der Waals surface area contributed by atoms with Crippen molar-refractivity contribution in [2.75, 3.05) is 25.2 Å². The van der Waals surface area contributed by atoms with E-state index in [1.165, 1.54) is 0 Å². The maximum Gasteiger partial charge on any atom is 0.302 e. The third-order valence-electron chi connectivity index (χ3n) is 3.50. The van der Waals surface area contributed by atoms with E-state index in [1.807, 2.05) is 73.3 Å². The summed E-state index contributed by atoms with van der Waals surface area (Å²) in [5, 5.41) is 10.4. The van der Waals surface area contributed by atoms with Gasteiger partial charge < -0.3 is 19.5 Å². The number of aliphatic hydroxyl groups excluding tert-OH is 1. The van der Waals surface area contributed by atoms with E-state index in [2.05, 4.69) is 0 Å². The molecule has 0 unspecified atom stereocenters. The van der Waals surface area contributed by atoms with Gasteiger partial charge in [-0.2, -0.15) is 0 Å². The first-order valence-electron chi connectivity index (χ1n) is 7.74. The minimum absolute atomic E-state index is 0.0728. The standard InChI is InChI=1S/C19H23NO3/c1-4-20(16-11-13-17(22-3)14-12-16)18(19(21)23-5-2)15-9-7-6-8-10-15/h6-14,21H,4-5H2,1-3H3/b19-18-. The summed E-state index contributed by atoms with van der Waals surface area (Å²) in [6.07, 6.45) is 0. The first-order valence-corrected chi connectivity index (χ1v) is 7.74. The van der Waals surface area contributed by atoms with Gasteiger partial charge in [-0.25, -0.2) is 0 Å². The van der Waals surface area contributed by atoms with Gasteiger partial charge in [-0.15, -0.1) is 0 Å². The zero-order valence-corrected chi connectivity index (χ0v) is 13.8. The Balaban J connectivity index is 2.48. The highest BCUT2D eigenvalue weighted by molar-refractivity contribution is 5.80. The monoisotopic (exact) mass is 313 g/mol. The molecule has 4 nitrogen and oxygen atoms in total. The summed E-state index contributed by atoms with van der Waals surface area (Å²) in [6, 6.07) is 17.5. The molecule has 2 aromatic carbocycles. The minimum atomic E-state index is -0.0728. The molecule has 0 bridgehead atoms. The zero-order chi connectivity index (χ0) is 16.7. The molecule has 0 atom stereocenters. The molecule has 4 heteroatoms. The Morgan fingerprint density at radius 3 is 2.17 bits per heavy atom. The van der Waals surface area contributed by atoms with Crippen molar-refractivity contribution >= 4 is 11.4 Å². The number of methoxy groups -OCH3 is 1. The second-order valence-corrected chi connectivity index (χ2v) is 4.90. The average molecular weight is 313 g/mol. The van der Waals surface area contributed by atoms with Gasteiger partial charge in [-0.1, -0.05) is 30.3 Å². The average Bonchev–Trinajstić information content (AvgIpc) is 2.60. The van der Waals surface area contributed by atoms with Gasteiger partial charge in [-0.3, -0.25) is 0 Å². The third kappa shape index (κ3) is 3.97. The van der Waals surface area contributed by atoms with Crippen LogP contribution in [0.3, 0.4) is 0 Å². The highest BCUT2D eigenvalue weighted by Gasteiger charge is 2.18. The summed E-state index contributed by atoms with van der Waals surface area (Å²) >= 11 is 0. The minimum Gasteiger partial charge on any atom is -0.497 e. The Hall–Kier alpha value is -2.62. The van der Waals surface area contributed by atoms with E-state index in [1.54, 1.807) is 7.11 Å². The molecule has 2 rings (SSSR count). The zero-order valence-electron chi connectivity index (χ0n) is 13.8. The van der Waals surface area contributed by atoms with Crippen molar-refractivity contribution in [2.45, 2.75) is 13.8 Å². The number of nitrogens with zero attached hydrogens (tertiary/aromatic N) is 1. The Labute approximate surface area is 137 Å². The first kappa shape index (κ1) is 16.7. The molecule has 1 N–H and O–H groups in total. The topological polar surface area (TPSA) is 41.9 Å². The largest absolute Gasteiger partial charge is 0.497 e. The number of ether oxygens (including phenoxy) is 2. The molecular weight excluding hydrogens is 290 g/mol. The van der Waals surface area contributed by atoms with E-state index in [9.17, 15) is 5.11 Å². The number of aliphatic hydroxyl groups is 1. The lowest BCUT2D eigenvalue weighted by Crippen LogP contribution is -2.23. The summed E-state index contributed by atoms with van der Waals surface area (Å²) in [5.41, 5.74) is 2.51. The second-order valence-electron chi connectivity index (χ2n) is 4.90. The molecule has 0 aliphatic heterocycles. The Kier molecular flexibility index (Phi) is 5.92. The van der Waals surface area contributed by atoms with Crippen molar-refractivity contribution in [3.05, 3.63) is 66.1 Å². The van der Waals surface area contributed by atoms with Crippen LogP contribution in [0.5, 0.6) is 5.75 Å². The third-order valence-corrected chi connectivity index (χ3v) is 3.50. The lowest BCUT2D eigenvalue weighted by molar-refractivity contribution is 0.104. The van der Waals surface area contributed by atoms with Gasteiger partial charge >= 0.3 is 5.95 Å². The van der Waals surface area contributed by atoms with Crippen LogP contribution in [-0.4, -0.2) is 25.4 Å². The van der Waals surface area contributed by atoms with Crippen LogP contribution >= 0.6 is 0 Å². The highest BCUT2D eigenvalue weighted by Crippen LogP contribution is 2.29. The quantitative estimate of drug-likeness (QED) is 0.767. The lowest BCUT2D eigenvalue weighted by atomic mass is 10.1. The number of hydrogen-bond donors (Lipinski definition) is 1. The van der Waals surface area contributed by atoms with Crippen LogP contribution in [0.2, 0.25) is 0 Å². The van der Waals surface area contributed by atoms with Gasteiger partial charge in [0.25, 0.3) is 0 Å². The molecule has 0 saturated carbocycles. The maximum atomic E-state index is 10.4. The normalized spacial score (nSPS) is 11.6. The number of hydrogen-bond acceptors (Lipinski definition) is 4. The smallest absolute Gasteiger partial charge is 0.302 e. The molecule has 0 saturated heterocycles. The van der Waals surface area contributed by atoms with E-state index in [4.69, 9.17) is 9.47 Å². The van der Waals surface area contributed by atoms with Crippen LogP contribution in [0, 0.1) is 0 Å². The summed E-state index contributed by atoms with van der Waals surface area (Å²) in [4.78, 5) is 2.01. The van der Waals surface area contributed by atoms with E-state index in [0.717, 1.165) is 17.0 Å². The number of anilines is 1. The molecule has 2 aromatic rings. The van der Waals surface area contributed by atoms with Gasteiger partial charge in [0.15, 0.2) is 0 Å².